The molecule has 0 heterocycles. The molecule has 1 unspecified atom stereocenters. The standard InChI is InChI=1S/C17H19NO3/c1-2-15(19)14-10-6-7-11-16(14)21-12-17(20)18-13-8-4-3-5-9-13/h3-11,15,19H,2,12H2,1H3,(H,18,20). The summed E-state index contributed by atoms with van der Waals surface area (Å²) in [6, 6.07) is 16.4. The van der Waals surface area contributed by atoms with E-state index in [9.17, 15) is 9.90 Å². The number of amides is 1. The summed E-state index contributed by atoms with van der Waals surface area (Å²) in [6.07, 6.45) is 0.00901. The van der Waals surface area contributed by atoms with Crippen molar-refractivity contribution in [1.82, 2.24) is 0 Å². The molecule has 0 saturated carbocycles. The van der Waals surface area contributed by atoms with E-state index in [2.05, 4.69) is 5.32 Å². The maximum absolute atomic E-state index is 11.8. The number of hydrogen-bond donors (Lipinski definition) is 2. The smallest absolute Gasteiger partial charge is 0.262 e. The Labute approximate surface area is 124 Å². The van der Waals surface area contributed by atoms with E-state index in [0.29, 0.717) is 17.7 Å². The van der Waals surface area contributed by atoms with E-state index < -0.39 is 6.10 Å². The van der Waals surface area contributed by atoms with Crippen molar-refractivity contribution in [2.75, 3.05) is 11.9 Å². The van der Waals surface area contributed by atoms with Gasteiger partial charge in [-0.2, -0.15) is 0 Å². The number of anilines is 1. The minimum atomic E-state index is -0.585. The van der Waals surface area contributed by atoms with Crippen LogP contribution in [0.25, 0.3) is 0 Å². The lowest BCUT2D eigenvalue weighted by molar-refractivity contribution is -0.118. The van der Waals surface area contributed by atoms with E-state index in [1.165, 1.54) is 0 Å². The molecule has 1 amide bonds. The van der Waals surface area contributed by atoms with E-state index in [4.69, 9.17) is 4.74 Å². The van der Waals surface area contributed by atoms with Crippen LogP contribution in [0.3, 0.4) is 0 Å². The van der Waals surface area contributed by atoms with Gasteiger partial charge in [-0.05, 0) is 24.6 Å². The molecule has 0 aromatic heterocycles. The monoisotopic (exact) mass is 285 g/mol. The van der Waals surface area contributed by atoms with Crippen molar-refractivity contribution in [3.8, 4) is 5.75 Å². The molecular weight excluding hydrogens is 266 g/mol. The summed E-state index contributed by atoms with van der Waals surface area (Å²) >= 11 is 0. The van der Waals surface area contributed by atoms with Gasteiger partial charge in [-0.3, -0.25) is 4.79 Å². The highest BCUT2D eigenvalue weighted by Crippen LogP contribution is 2.26. The summed E-state index contributed by atoms with van der Waals surface area (Å²) < 4.78 is 5.52. The lowest BCUT2D eigenvalue weighted by Crippen LogP contribution is -2.20. The molecule has 21 heavy (non-hydrogen) atoms. The van der Waals surface area contributed by atoms with Crippen LogP contribution in [-0.4, -0.2) is 17.6 Å². The van der Waals surface area contributed by atoms with Crippen LogP contribution >= 0.6 is 0 Å². The first kappa shape index (κ1) is 15.1. The van der Waals surface area contributed by atoms with Gasteiger partial charge in [0, 0.05) is 11.3 Å². The summed E-state index contributed by atoms with van der Waals surface area (Å²) in [6.45, 7) is 1.80. The molecule has 0 saturated heterocycles. The molecule has 2 N–H and O–H groups in total. The van der Waals surface area contributed by atoms with Gasteiger partial charge in [-0.15, -0.1) is 0 Å². The molecule has 0 aliphatic carbocycles. The normalized spacial score (nSPS) is 11.7. The molecule has 0 aliphatic rings. The zero-order chi connectivity index (χ0) is 15.1. The van der Waals surface area contributed by atoms with Gasteiger partial charge in [-0.1, -0.05) is 43.3 Å². The van der Waals surface area contributed by atoms with Crippen molar-refractivity contribution in [1.29, 1.82) is 0 Å². The van der Waals surface area contributed by atoms with E-state index in [1.807, 2.05) is 49.4 Å². The van der Waals surface area contributed by atoms with Crippen LogP contribution in [-0.2, 0) is 4.79 Å². The summed E-state index contributed by atoms with van der Waals surface area (Å²) in [7, 11) is 0. The van der Waals surface area contributed by atoms with Crippen molar-refractivity contribution >= 4 is 11.6 Å². The fourth-order valence-electron chi connectivity index (χ4n) is 1.97. The second kappa shape index (κ2) is 7.45. The van der Waals surface area contributed by atoms with Gasteiger partial charge in [-0.25, -0.2) is 0 Å². The van der Waals surface area contributed by atoms with Crippen LogP contribution in [0.4, 0.5) is 5.69 Å². The van der Waals surface area contributed by atoms with Crippen LogP contribution in [0, 0.1) is 0 Å². The Morgan fingerprint density at radius 1 is 1.14 bits per heavy atom. The molecule has 2 aromatic carbocycles. The molecule has 2 aromatic rings. The number of carbonyl (C=O) groups excluding carboxylic acids is 1. The predicted molar refractivity (Wildman–Crippen MR) is 82.3 cm³/mol. The number of ether oxygens (including phenoxy) is 1. The maximum atomic E-state index is 11.8. The Morgan fingerprint density at radius 2 is 1.81 bits per heavy atom. The van der Waals surface area contributed by atoms with Gasteiger partial charge in [0.1, 0.15) is 5.75 Å². The van der Waals surface area contributed by atoms with E-state index in [1.54, 1.807) is 12.1 Å². The average molecular weight is 285 g/mol. The molecule has 4 nitrogen and oxygen atoms in total. The number of para-hydroxylation sites is 2. The summed E-state index contributed by atoms with van der Waals surface area (Å²) in [5.41, 5.74) is 1.43. The van der Waals surface area contributed by atoms with Gasteiger partial charge in [0.25, 0.3) is 5.91 Å². The zero-order valence-electron chi connectivity index (χ0n) is 12.0. The highest BCUT2D eigenvalue weighted by atomic mass is 16.5. The Kier molecular flexibility index (Phi) is 5.35. The van der Waals surface area contributed by atoms with E-state index in [-0.39, 0.29) is 12.5 Å². The molecule has 0 radical (unpaired) electrons. The first-order valence-corrected chi connectivity index (χ1v) is 6.95. The van der Waals surface area contributed by atoms with Crippen LogP contribution in [0.5, 0.6) is 5.75 Å². The third-order valence-electron chi connectivity index (χ3n) is 3.08. The van der Waals surface area contributed by atoms with Gasteiger partial charge < -0.3 is 15.2 Å². The third-order valence-corrected chi connectivity index (χ3v) is 3.08. The Balaban J connectivity index is 1.95. The predicted octanol–water partition coefficient (Wildman–Crippen LogP) is 3.15. The number of carbonyl (C=O) groups is 1. The van der Waals surface area contributed by atoms with Crippen LogP contribution in [0.15, 0.2) is 54.6 Å². The van der Waals surface area contributed by atoms with Crippen LogP contribution in [0.1, 0.15) is 25.0 Å². The molecular formula is C17H19NO3. The van der Waals surface area contributed by atoms with Crippen molar-refractivity contribution in [2.45, 2.75) is 19.4 Å². The second-order valence-corrected chi connectivity index (χ2v) is 4.66. The molecule has 2 rings (SSSR count). The first-order valence-electron chi connectivity index (χ1n) is 6.95. The summed E-state index contributed by atoms with van der Waals surface area (Å²) in [5, 5.41) is 12.7. The minimum Gasteiger partial charge on any atom is -0.483 e. The Hall–Kier alpha value is -2.33. The quantitative estimate of drug-likeness (QED) is 0.857. The van der Waals surface area contributed by atoms with Crippen molar-refractivity contribution < 1.29 is 14.6 Å². The summed E-state index contributed by atoms with van der Waals surface area (Å²) in [5.74, 6) is 0.303. The minimum absolute atomic E-state index is 0.0949. The summed E-state index contributed by atoms with van der Waals surface area (Å²) in [4.78, 5) is 11.8. The molecule has 0 spiro atoms. The number of aliphatic hydroxyl groups is 1. The van der Waals surface area contributed by atoms with E-state index >= 15 is 0 Å². The van der Waals surface area contributed by atoms with Crippen molar-refractivity contribution in [3.05, 3.63) is 60.2 Å². The van der Waals surface area contributed by atoms with Crippen molar-refractivity contribution in [2.24, 2.45) is 0 Å². The fraction of sp³-hybridized carbons (Fsp3) is 0.235. The maximum Gasteiger partial charge on any atom is 0.262 e. The highest BCUT2D eigenvalue weighted by molar-refractivity contribution is 5.91. The molecule has 1 atom stereocenters. The van der Waals surface area contributed by atoms with Gasteiger partial charge in [0.15, 0.2) is 6.61 Å². The fourth-order valence-corrected chi connectivity index (χ4v) is 1.97. The number of benzene rings is 2. The van der Waals surface area contributed by atoms with Crippen LogP contribution in [0.2, 0.25) is 0 Å². The number of rotatable bonds is 6. The Morgan fingerprint density at radius 3 is 2.52 bits per heavy atom. The molecule has 0 bridgehead atoms. The van der Waals surface area contributed by atoms with Crippen molar-refractivity contribution in [3.63, 3.8) is 0 Å². The highest BCUT2D eigenvalue weighted by Gasteiger charge is 2.12. The zero-order valence-corrected chi connectivity index (χ0v) is 12.0. The molecule has 0 aliphatic heterocycles. The largest absolute Gasteiger partial charge is 0.483 e. The lowest BCUT2D eigenvalue weighted by Gasteiger charge is -2.14. The van der Waals surface area contributed by atoms with Gasteiger partial charge in [0.2, 0.25) is 0 Å². The SMILES string of the molecule is CCC(O)c1ccccc1OCC(=O)Nc1ccccc1. The number of hydrogen-bond acceptors (Lipinski definition) is 3. The average Bonchev–Trinajstić information content (AvgIpc) is 2.53. The van der Waals surface area contributed by atoms with Gasteiger partial charge in [0.05, 0.1) is 6.10 Å². The first-order chi connectivity index (χ1) is 10.2. The molecule has 110 valence electrons. The van der Waals surface area contributed by atoms with Gasteiger partial charge >= 0.3 is 0 Å². The Bertz CT molecular complexity index is 584. The molecule has 4 heteroatoms. The van der Waals surface area contributed by atoms with E-state index in [0.717, 1.165) is 5.69 Å². The lowest BCUT2D eigenvalue weighted by atomic mass is 10.1. The topological polar surface area (TPSA) is 58.6 Å². The number of aliphatic hydroxyl groups excluding tert-OH is 1. The number of nitrogens with one attached hydrogen (secondary N) is 1. The molecule has 0 fully saturated rings. The van der Waals surface area contributed by atoms with Crippen LogP contribution < -0.4 is 10.1 Å². The second-order valence-electron chi connectivity index (χ2n) is 4.66. The third kappa shape index (κ3) is 4.33.